The highest BCUT2D eigenvalue weighted by Gasteiger charge is 2.41. The van der Waals surface area contributed by atoms with Gasteiger partial charge >= 0.3 is 5.63 Å². The van der Waals surface area contributed by atoms with Gasteiger partial charge in [0, 0.05) is 24.5 Å². The maximum atomic E-state index is 12.8. The van der Waals surface area contributed by atoms with Crippen molar-refractivity contribution in [1.29, 1.82) is 0 Å². The van der Waals surface area contributed by atoms with Crippen LogP contribution in [-0.4, -0.2) is 38.9 Å². The molecule has 0 aliphatic carbocycles. The molecule has 2 aliphatic heterocycles. The second-order valence-corrected chi connectivity index (χ2v) is 7.89. The highest BCUT2D eigenvalue weighted by atomic mass is 32.2. The molecule has 3 heterocycles. The minimum absolute atomic E-state index is 0.252. The van der Waals surface area contributed by atoms with Crippen LogP contribution < -0.4 is 10.9 Å². The molecule has 0 unspecified atom stereocenters. The lowest BCUT2D eigenvalue weighted by Crippen LogP contribution is -2.31. The van der Waals surface area contributed by atoms with Gasteiger partial charge in [0.15, 0.2) is 0 Å². The molecule has 2 saturated heterocycles. The van der Waals surface area contributed by atoms with E-state index in [1.807, 2.05) is 0 Å². The van der Waals surface area contributed by atoms with E-state index in [9.17, 15) is 13.2 Å². The zero-order valence-electron chi connectivity index (χ0n) is 11.9. The molecular weight excluding hydrogens is 304 g/mol. The number of hydrogen-bond donors (Lipinski definition) is 1. The van der Waals surface area contributed by atoms with Crippen LogP contribution in [0.25, 0.3) is 11.0 Å². The molecule has 0 amide bonds. The minimum atomic E-state index is -3.50. The topological polar surface area (TPSA) is 79.6 Å². The van der Waals surface area contributed by atoms with Crippen LogP contribution in [0.15, 0.2) is 44.4 Å². The van der Waals surface area contributed by atoms with Crippen molar-refractivity contribution in [2.45, 2.75) is 4.90 Å². The largest absolute Gasteiger partial charge is 0.423 e. The van der Waals surface area contributed by atoms with Gasteiger partial charge in [-0.1, -0.05) is 0 Å². The Morgan fingerprint density at radius 3 is 2.55 bits per heavy atom. The van der Waals surface area contributed by atoms with Crippen molar-refractivity contribution in [1.82, 2.24) is 9.62 Å². The van der Waals surface area contributed by atoms with Crippen molar-refractivity contribution in [3.05, 3.63) is 40.8 Å². The number of rotatable bonds is 2. The molecule has 0 radical (unpaired) electrons. The van der Waals surface area contributed by atoms with E-state index < -0.39 is 15.6 Å². The van der Waals surface area contributed by atoms with Crippen LogP contribution >= 0.6 is 0 Å². The van der Waals surface area contributed by atoms with Crippen LogP contribution in [0, 0.1) is 11.8 Å². The van der Waals surface area contributed by atoms with E-state index in [1.54, 1.807) is 22.5 Å². The Morgan fingerprint density at radius 2 is 1.82 bits per heavy atom. The summed E-state index contributed by atoms with van der Waals surface area (Å²) in [5.41, 5.74) is -0.0445. The number of benzene rings is 1. The fourth-order valence-electron chi connectivity index (χ4n) is 3.37. The third-order valence-corrected chi connectivity index (χ3v) is 6.41. The average Bonchev–Trinajstić information content (AvgIpc) is 3.08. The third-order valence-electron chi connectivity index (χ3n) is 4.58. The summed E-state index contributed by atoms with van der Waals surface area (Å²) in [5.74, 6) is 0.821. The molecule has 2 aliphatic rings. The Kier molecular flexibility index (Phi) is 3.11. The first-order valence-electron chi connectivity index (χ1n) is 7.29. The molecule has 7 heteroatoms. The van der Waals surface area contributed by atoms with E-state index in [-0.39, 0.29) is 4.90 Å². The van der Waals surface area contributed by atoms with E-state index in [1.165, 1.54) is 12.1 Å². The first kappa shape index (κ1) is 13.9. The van der Waals surface area contributed by atoms with Gasteiger partial charge in [0.05, 0.1) is 4.90 Å². The molecule has 1 aromatic carbocycles. The van der Waals surface area contributed by atoms with E-state index in [0.717, 1.165) is 13.1 Å². The molecule has 0 saturated carbocycles. The molecule has 1 N–H and O–H groups in total. The van der Waals surface area contributed by atoms with Crippen molar-refractivity contribution < 1.29 is 12.8 Å². The van der Waals surface area contributed by atoms with Crippen molar-refractivity contribution in [2.75, 3.05) is 26.2 Å². The number of nitrogens with one attached hydrogen (secondary N) is 1. The highest BCUT2D eigenvalue weighted by molar-refractivity contribution is 7.89. The maximum absolute atomic E-state index is 12.8. The summed E-state index contributed by atoms with van der Waals surface area (Å²) in [6.07, 6.45) is 0. The molecule has 2 aromatic rings. The summed E-state index contributed by atoms with van der Waals surface area (Å²) in [6.45, 7) is 2.92. The van der Waals surface area contributed by atoms with E-state index >= 15 is 0 Å². The van der Waals surface area contributed by atoms with Crippen molar-refractivity contribution >= 4 is 21.0 Å². The first-order valence-corrected chi connectivity index (χ1v) is 8.73. The maximum Gasteiger partial charge on any atom is 0.336 e. The Labute approximate surface area is 127 Å². The summed E-state index contributed by atoms with van der Waals surface area (Å²) in [5, 5.41) is 3.91. The van der Waals surface area contributed by atoms with Gasteiger partial charge in [-0.3, -0.25) is 0 Å². The quantitative estimate of drug-likeness (QED) is 0.821. The van der Waals surface area contributed by atoms with Crippen LogP contribution in [0.4, 0.5) is 0 Å². The van der Waals surface area contributed by atoms with Gasteiger partial charge in [0.25, 0.3) is 0 Å². The van der Waals surface area contributed by atoms with Crippen molar-refractivity contribution in [3.63, 3.8) is 0 Å². The minimum Gasteiger partial charge on any atom is -0.423 e. The summed E-state index contributed by atoms with van der Waals surface area (Å²) in [7, 11) is -3.50. The lowest BCUT2D eigenvalue weighted by atomic mass is 10.0. The van der Waals surface area contributed by atoms with Gasteiger partial charge in [-0.25, -0.2) is 13.2 Å². The highest BCUT2D eigenvalue weighted by Crippen LogP contribution is 2.31. The smallest absolute Gasteiger partial charge is 0.336 e. The second kappa shape index (κ2) is 4.91. The van der Waals surface area contributed by atoms with Gasteiger partial charge in [-0.05, 0) is 49.2 Å². The molecule has 0 spiro atoms. The van der Waals surface area contributed by atoms with E-state index in [2.05, 4.69) is 5.32 Å². The Balaban J connectivity index is 1.71. The normalized spacial score (nSPS) is 25.6. The zero-order chi connectivity index (χ0) is 15.3. The van der Waals surface area contributed by atoms with Gasteiger partial charge in [-0.2, -0.15) is 4.31 Å². The molecule has 22 heavy (non-hydrogen) atoms. The molecule has 0 bridgehead atoms. The monoisotopic (exact) mass is 320 g/mol. The fourth-order valence-corrected chi connectivity index (χ4v) is 4.96. The van der Waals surface area contributed by atoms with Crippen LogP contribution in [-0.2, 0) is 10.0 Å². The molecule has 1 aromatic heterocycles. The lowest BCUT2D eigenvalue weighted by Gasteiger charge is -2.17. The molecule has 4 rings (SSSR count). The number of hydrogen-bond acceptors (Lipinski definition) is 5. The Morgan fingerprint density at radius 1 is 1.09 bits per heavy atom. The number of nitrogens with zero attached hydrogens (tertiary/aromatic N) is 1. The third kappa shape index (κ3) is 2.16. The van der Waals surface area contributed by atoms with Crippen LogP contribution in [0.3, 0.4) is 0 Å². The summed E-state index contributed by atoms with van der Waals surface area (Å²) >= 11 is 0. The SMILES string of the molecule is O=c1ccc2cc(S(=O)(=O)N3C[C@H]4CNC[C@H]4C3)ccc2o1. The van der Waals surface area contributed by atoms with Crippen LogP contribution in [0.1, 0.15) is 0 Å². The fraction of sp³-hybridized carbons (Fsp3) is 0.400. The zero-order valence-corrected chi connectivity index (χ0v) is 12.7. The van der Waals surface area contributed by atoms with E-state index in [0.29, 0.717) is 35.9 Å². The molecule has 116 valence electrons. The second-order valence-electron chi connectivity index (χ2n) is 5.95. The predicted octanol–water partition coefficient (Wildman–Crippen LogP) is 0.633. The van der Waals surface area contributed by atoms with Gasteiger partial charge in [-0.15, -0.1) is 0 Å². The molecule has 6 nitrogen and oxygen atoms in total. The summed E-state index contributed by atoms with van der Waals surface area (Å²) in [6, 6.07) is 7.50. The predicted molar refractivity (Wildman–Crippen MR) is 81.1 cm³/mol. The number of fused-ring (bicyclic) bond motifs is 2. The van der Waals surface area contributed by atoms with Gasteiger partial charge in [0.2, 0.25) is 10.0 Å². The summed E-state index contributed by atoms with van der Waals surface area (Å²) in [4.78, 5) is 11.4. The lowest BCUT2D eigenvalue weighted by molar-refractivity contribution is 0.448. The van der Waals surface area contributed by atoms with Gasteiger partial charge in [0.1, 0.15) is 5.58 Å². The first-order chi connectivity index (χ1) is 10.5. The number of sulfonamides is 1. The summed E-state index contributed by atoms with van der Waals surface area (Å²) < 4.78 is 32.2. The standard InChI is InChI=1S/C15H16N2O4S/c18-15-4-1-10-5-13(2-3-14(10)21-15)22(19,20)17-8-11-6-16-7-12(11)9-17/h1-5,11-12,16H,6-9H2/t11-,12+. The van der Waals surface area contributed by atoms with Crippen molar-refractivity contribution in [3.8, 4) is 0 Å². The Bertz CT molecular complexity index is 878. The molecule has 2 atom stereocenters. The Hall–Kier alpha value is -1.70. The van der Waals surface area contributed by atoms with Crippen LogP contribution in [0.2, 0.25) is 0 Å². The van der Waals surface area contributed by atoms with Crippen molar-refractivity contribution in [2.24, 2.45) is 11.8 Å². The van der Waals surface area contributed by atoms with E-state index in [4.69, 9.17) is 4.42 Å². The van der Waals surface area contributed by atoms with Gasteiger partial charge < -0.3 is 9.73 Å². The molecule has 2 fully saturated rings. The van der Waals surface area contributed by atoms with Crippen LogP contribution in [0.5, 0.6) is 0 Å². The average molecular weight is 320 g/mol. The molecular formula is C15H16N2O4S.